The van der Waals surface area contributed by atoms with Crippen molar-refractivity contribution in [1.29, 1.82) is 0 Å². The predicted molar refractivity (Wildman–Crippen MR) is 138 cm³/mol. The molecule has 3 aromatic carbocycles. The maximum Gasteiger partial charge on any atom is 0.211 e. The Bertz CT molecular complexity index is 1550. The molecule has 6 rings (SSSR count). The van der Waals surface area contributed by atoms with Crippen molar-refractivity contribution in [3.63, 3.8) is 0 Å². The van der Waals surface area contributed by atoms with E-state index in [4.69, 9.17) is 9.98 Å². The zero-order valence-electron chi connectivity index (χ0n) is 19.2. The van der Waals surface area contributed by atoms with E-state index in [1.165, 1.54) is 19.3 Å². The number of hydrogen-bond acceptors (Lipinski definition) is 4. The number of benzene rings is 3. The molecule has 0 bridgehead atoms. The zero-order chi connectivity index (χ0) is 23.1. The van der Waals surface area contributed by atoms with E-state index >= 15 is 0 Å². The molecule has 2 aliphatic rings. The van der Waals surface area contributed by atoms with Gasteiger partial charge in [-0.3, -0.25) is 4.57 Å². The van der Waals surface area contributed by atoms with Crippen LogP contribution in [0, 0.1) is 5.92 Å². The lowest BCUT2D eigenvalue weighted by Gasteiger charge is -2.30. The molecule has 1 aliphatic heterocycles. The van der Waals surface area contributed by atoms with Crippen LogP contribution in [-0.4, -0.2) is 9.67 Å². The Morgan fingerprint density at radius 3 is 2.62 bits per heavy atom. The fourth-order valence-electron chi connectivity index (χ4n) is 5.20. The molecule has 170 valence electrons. The molecule has 2 heterocycles. The molecule has 0 unspecified atom stereocenters. The average Bonchev–Trinajstić information content (AvgIpc) is 3.37. The van der Waals surface area contributed by atoms with Gasteiger partial charge in [-0.1, -0.05) is 73.6 Å². The molecule has 4 aromatic rings. The smallest absolute Gasteiger partial charge is 0.211 e. The Balaban J connectivity index is 1.50. The summed E-state index contributed by atoms with van der Waals surface area (Å²) in [6.07, 6.45) is 6.79. The fraction of sp³-hybridized carbons (Fsp3) is 0.241. The molecular formula is C29H27N3OS. The van der Waals surface area contributed by atoms with Crippen LogP contribution in [0.3, 0.4) is 0 Å². The fourth-order valence-corrected chi connectivity index (χ4v) is 6.25. The maximum atomic E-state index is 11.4. The quantitative estimate of drug-likeness (QED) is 0.349. The number of aromatic nitrogens is 1. The van der Waals surface area contributed by atoms with E-state index in [2.05, 4.69) is 54.0 Å². The van der Waals surface area contributed by atoms with Gasteiger partial charge < -0.3 is 5.11 Å². The van der Waals surface area contributed by atoms with Crippen molar-refractivity contribution in [2.45, 2.75) is 38.6 Å². The van der Waals surface area contributed by atoms with Gasteiger partial charge in [-0.2, -0.15) is 0 Å². The van der Waals surface area contributed by atoms with Crippen LogP contribution in [0.15, 0.2) is 82.8 Å². The van der Waals surface area contributed by atoms with Crippen molar-refractivity contribution >= 4 is 28.8 Å². The van der Waals surface area contributed by atoms with E-state index in [1.54, 1.807) is 11.3 Å². The largest absolute Gasteiger partial charge is 0.493 e. The summed E-state index contributed by atoms with van der Waals surface area (Å²) >= 11 is 1.56. The van der Waals surface area contributed by atoms with Gasteiger partial charge in [-0.15, -0.1) is 0 Å². The van der Waals surface area contributed by atoms with Gasteiger partial charge >= 0.3 is 0 Å². The normalized spacial score (nSPS) is 20.1. The van der Waals surface area contributed by atoms with E-state index < -0.39 is 0 Å². The minimum Gasteiger partial charge on any atom is -0.493 e. The number of hydrogen-bond donors (Lipinski definition) is 1. The number of para-hydroxylation sites is 2. The maximum absolute atomic E-state index is 11.4. The molecule has 1 saturated carbocycles. The second-order valence-corrected chi connectivity index (χ2v) is 10.3. The topological polar surface area (TPSA) is 49.9 Å². The van der Waals surface area contributed by atoms with Gasteiger partial charge in [0.15, 0.2) is 4.80 Å². The van der Waals surface area contributed by atoms with Crippen LogP contribution in [0.2, 0.25) is 0 Å². The van der Waals surface area contributed by atoms with Gasteiger partial charge in [-0.05, 0) is 60.4 Å². The summed E-state index contributed by atoms with van der Waals surface area (Å²) in [6, 6.07) is 24.8. The van der Waals surface area contributed by atoms with Crippen molar-refractivity contribution in [2.75, 3.05) is 0 Å². The molecule has 4 nitrogen and oxygen atoms in total. The van der Waals surface area contributed by atoms with E-state index in [9.17, 15) is 5.11 Å². The van der Waals surface area contributed by atoms with Crippen LogP contribution in [0.5, 0.6) is 5.88 Å². The molecule has 1 aromatic heterocycles. The third-order valence-electron chi connectivity index (χ3n) is 6.99. The first-order chi connectivity index (χ1) is 16.7. The van der Waals surface area contributed by atoms with E-state index in [1.807, 2.05) is 36.4 Å². The van der Waals surface area contributed by atoms with Gasteiger partial charge in [0.2, 0.25) is 5.88 Å². The highest BCUT2D eigenvalue weighted by Gasteiger charge is 2.27. The Hall–Kier alpha value is -3.44. The van der Waals surface area contributed by atoms with Gasteiger partial charge in [-0.25, -0.2) is 9.98 Å². The summed E-state index contributed by atoms with van der Waals surface area (Å²) in [5.74, 6) is 0.832. The molecule has 2 atom stereocenters. The van der Waals surface area contributed by atoms with Crippen LogP contribution in [-0.2, 0) is 0 Å². The number of rotatable bonds is 3. The molecule has 0 saturated heterocycles. The second kappa shape index (κ2) is 8.73. The first-order valence-electron chi connectivity index (χ1n) is 12.0. The lowest BCUT2D eigenvalue weighted by atomic mass is 9.86. The Kier molecular flexibility index (Phi) is 5.42. The van der Waals surface area contributed by atoms with Gasteiger partial charge in [0.05, 0.1) is 21.6 Å². The monoisotopic (exact) mass is 465 g/mol. The standard InChI is InChI=1S/C29H27N3OS/c1-19-9-5-8-14-26(19)32-28(33)27(34-29(32)30-21-10-3-2-4-11-21)18-20-15-16-25-23(17-20)22-12-6-7-13-24(22)31-25/h2-4,6-7,10-13,15-19,26,33H,5,8-9,14H2,1H3/t19-,26-/m1/s1. The van der Waals surface area contributed by atoms with E-state index in [0.717, 1.165) is 49.2 Å². The van der Waals surface area contributed by atoms with Crippen molar-refractivity contribution in [1.82, 2.24) is 4.57 Å². The summed E-state index contributed by atoms with van der Waals surface area (Å²) in [7, 11) is 0. The van der Waals surface area contributed by atoms with E-state index in [-0.39, 0.29) is 6.04 Å². The second-order valence-electron chi connectivity index (χ2n) is 9.27. The van der Waals surface area contributed by atoms with Crippen molar-refractivity contribution in [3.8, 4) is 17.0 Å². The van der Waals surface area contributed by atoms with E-state index in [0.29, 0.717) is 11.8 Å². The Morgan fingerprint density at radius 1 is 0.971 bits per heavy atom. The van der Waals surface area contributed by atoms with Crippen molar-refractivity contribution in [2.24, 2.45) is 15.9 Å². The highest BCUT2D eigenvalue weighted by molar-refractivity contribution is 7.10. The first kappa shape index (κ1) is 21.1. The minimum absolute atomic E-state index is 0.264. The third kappa shape index (κ3) is 3.80. The first-order valence-corrected chi connectivity index (χ1v) is 12.8. The number of nitrogens with zero attached hydrogens (tertiary/aromatic N) is 3. The van der Waals surface area contributed by atoms with Crippen LogP contribution < -0.4 is 15.4 Å². The van der Waals surface area contributed by atoms with Crippen LogP contribution >= 0.6 is 11.3 Å². The Morgan fingerprint density at radius 2 is 1.76 bits per heavy atom. The molecule has 0 spiro atoms. The van der Waals surface area contributed by atoms with Crippen LogP contribution in [0.25, 0.3) is 17.2 Å². The van der Waals surface area contributed by atoms with Crippen molar-refractivity contribution in [3.05, 3.63) is 93.1 Å². The highest BCUT2D eigenvalue weighted by atomic mass is 32.1. The molecule has 34 heavy (non-hydrogen) atoms. The summed E-state index contributed by atoms with van der Waals surface area (Å²) in [6.45, 7) is 2.30. The molecular weight excluding hydrogens is 438 g/mol. The van der Waals surface area contributed by atoms with Crippen LogP contribution in [0.1, 0.15) is 43.5 Å². The summed E-state index contributed by atoms with van der Waals surface area (Å²) in [5.41, 5.74) is 4.22. The van der Waals surface area contributed by atoms with Gasteiger partial charge in [0, 0.05) is 17.2 Å². The summed E-state index contributed by atoms with van der Waals surface area (Å²) < 4.78 is 2.09. The minimum atomic E-state index is 0.264. The molecule has 1 N–H and O–H groups in total. The summed E-state index contributed by atoms with van der Waals surface area (Å²) in [4.78, 5) is 11.4. The molecule has 0 amide bonds. The van der Waals surface area contributed by atoms with Gasteiger partial charge in [0.25, 0.3) is 0 Å². The molecule has 1 fully saturated rings. The van der Waals surface area contributed by atoms with Gasteiger partial charge in [0.1, 0.15) is 0 Å². The molecule has 5 heteroatoms. The Labute approximate surface area is 202 Å². The van der Waals surface area contributed by atoms with Crippen molar-refractivity contribution < 1.29 is 5.11 Å². The molecule has 0 radical (unpaired) electrons. The number of aromatic hydroxyl groups is 1. The zero-order valence-corrected chi connectivity index (χ0v) is 20.0. The molecule has 1 aliphatic carbocycles. The highest BCUT2D eigenvalue weighted by Crippen LogP contribution is 2.37. The lowest BCUT2D eigenvalue weighted by molar-refractivity contribution is 0.234. The predicted octanol–water partition coefficient (Wildman–Crippen LogP) is 6.00. The van der Waals surface area contributed by atoms with Crippen LogP contribution in [0.4, 0.5) is 11.4 Å². The lowest BCUT2D eigenvalue weighted by Crippen LogP contribution is -2.27. The third-order valence-corrected chi connectivity index (χ3v) is 7.98. The summed E-state index contributed by atoms with van der Waals surface area (Å²) in [5, 5.41) is 13.5. The number of thiazole rings is 1. The number of fused-ring (bicyclic) bond motifs is 3. The SMILES string of the molecule is C[C@@H]1CCCC[C@H]1n1c(O)c(C=c2ccc3c(c2)-c2ccccc2N=3)sc1=Nc1ccccc1. The average molecular weight is 466 g/mol.